The lowest BCUT2D eigenvalue weighted by molar-refractivity contribution is -0.141. The fourth-order valence-electron chi connectivity index (χ4n) is 4.68. The van der Waals surface area contributed by atoms with Crippen molar-refractivity contribution >= 4 is 18.0 Å². The van der Waals surface area contributed by atoms with E-state index < -0.39 is 30.4 Å². The molecule has 10 nitrogen and oxygen atoms in total. The third-order valence-electron chi connectivity index (χ3n) is 6.60. The fraction of sp³-hybridized carbons (Fsp3) is 0.276. The molecule has 0 fully saturated rings. The van der Waals surface area contributed by atoms with E-state index in [9.17, 15) is 19.5 Å². The van der Waals surface area contributed by atoms with Gasteiger partial charge < -0.3 is 34.7 Å². The van der Waals surface area contributed by atoms with Crippen molar-refractivity contribution in [2.45, 2.75) is 24.9 Å². The summed E-state index contributed by atoms with van der Waals surface area (Å²) in [5, 5.41) is 14.6. The first-order valence-corrected chi connectivity index (χ1v) is 12.3. The Morgan fingerprint density at radius 2 is 1.44 bits per heavy atom. The Bertz CT molecular complexity index is 1300. The summed E-state index contributed by atoms with van der Waals surface area (Å²) in [7, 11) is 4.45. The summed E-state index contributed by atoms with van der Waals surface area (Å²) in [5.74, 6) is -0.767. The summed E-state index contributed by atoms with van der Waals surface area (Å²) < 4.78 is 21.4. The summed E-state index contributed by atoms with van der Waals surface area (Å²) in [6.45, 7) is 0.0297. The lowest BCUT2D eigenvalue weighted by Crippen LogP contribution is -2.44. The molecule has 0 spiro atoms. The van der Waals surface area contributed by atoms with Crippen molar-refractivity contribution in [1.82, 2.24) is 10.6 Å². The lowest BCUT2D eigenvalue weighted by Gasteiger charge is -2.18. The van der Waals surface area contributed by atoms with Crippen LogP contribution in [0, 0.1) is 0 Å². The molecule has 10 heteroatoms. The number of alkyl carbamates (subject to hydrolysis) is 1. The van der Waals surface area contributed by atoms with Gasteiger partial charge in [0.05, 0.1) is 39.9 Å². The van der Waals surface area contributed by atoms with E-state index in [4.69, 9.17) is 18.9 Å². The van der Waals surface area contributed by atoms with Gasteiger partial charge in [0.15, 0.2) is 0 Å². The number of fused-ring (bicyclic) bond motifs is 3. The zero-order chi connectivity index (χ0) is 27.9. The smallest absolute Gasteiger partial charge is 0.407 e. The van der Waals surface area contributed by atoms with Gasteiger partial charge in [-0.3, -0.25) is 4.79 Å². The van der Waals surface area contributed by atoms with E-state index in [1.54, 1.807) is 12.1 Å². The van der Waals surface area contributed by atoms with Gasteiger partial charge >= 0.3 is 12.1 Å². The van der Waals surface area contributed by atoms with Gasteiger partial charge in [-0.15, -0.1) is 0 Å². The van der Waals surface area contributed by atoms with Gasteiger partial charge in [-0.2, -0.15) is 0 Å². The van der Waals surface area contributed by atoms with Gasteiger partial charge in [0.2, 0.25) is 5.91 Å². The Morgan fingerprint density at radius 3 is 1.95 bits per heavy atom. The van der Waals surface area contributed by atoms with Crippen LogP contribution in [0.1, 0.15) is 29.0 Å². The number of hydrogen-bond acceptors (Lipinski definition) is 7. The van der Waals surface area contributed by atoms with Crippen molar-refractivity contribution in [3.63, 3.8) is 0 Å². The summed E-state index contributed by atoms with van der Waals surface area (Å²) in [6, 6.07) is 17.6. The molecule has 3 aromatic carbocycles. The molecule has 1 atom stereocenters. The molecule has 3 N–H and O–H groups in total. The van der Waals surface area contributed by atoms with E-state index in [1.807, 2.05) is 48.5 Å². The minimum atomic E-state index is -1.49. The normalized spacial score (nSPS) is 12.5. The average Bonchev–Trinajstić information content (AvgIpc) is 3.27. The van der Waals surface area contributed by atoms with Crippen molar-refractivity contribution < 1.29 is 38.4 Å². The van der Waals surface area contributed by atoms with E-state index in [-0.39, 0.29) is 19.1 Å². The molecule has 39 heavy (non-hydrogen) atoms. The maximum Gasteiger partial charge on any atom is 0.407 e. The summed E-state index contributed by atoms with van der Waals surface area (Å²) in [4.78, 5) is 37.0. The number of methoxy groups -OCH3 is 3. The molecular formula is C29H30N2O8. The third-order valence-corrected chi connectivity index (χ3v) is 6.60. The predicted molar refractivity (Wildman–Crippen MR) is 142 cm³/mol. The minimum absolute atomic E-state index is 0.00641. The molecule has 204 valence electrons. The van der Waals surface area contributed by atoms with Gasteiger partial charge in [0, 0.05) is 18.1 Å². The highest BCUT2D eigenvalue weighted by Crippen LogP contribution is 2.44. The number of amides is 2. The van der Waals surface area contributed by atoms with Crippen molar-refractivity contribution in [3.05, 3.63) is 77.4 Å². The van der Waals surface area contributed by atoms with Crippen LogP contribution < -0.4 is 24.8 Å². The van der Waals surface area contributed by atoms with E-state index in [2.05, 4.69) is 10.6 Å². The Kier molecular flexibility index (Phi) is 8.55. The number of benzene rings is 3. The first-order valence-electron chi connectivity index (χ1n) is 12.3. The molecule has 0 heterocycles. The zero-order valence-electron chi connectivity index (χ0n) is 21.9. The highest BCUT2D eigenvalue weighted by Gasteiger charge is 2.30. The number of nitrogens with one attached hydrogen (secondary N) is 2. The molecule has 1 aliphatic carbocycles. The van der Waals surface area contributed by atoms with Crippen LogP contribution in [0.25, 0.3) is 11.1 Å². The van der Waals surface area contributed by atoms with E-state index >= 15 is 0 Å². The van der Waals surface area contributed by atoms with Crippen LogP contribution in [-0.4, -0.2) is 57.1 Å². The molecule has 0 aromatic heterocycles. The van der Waals surface area contributed by atoms with Crippen molar-refractivity contribution in [2.75, 3.05) is 27.9 Å². The van der Waals surface area contributed by atoms with Crippen LogP contribution in [0.4, 0.5) is 4.79 Å². The molecule has 0 saturated carbocycles. The minimum Gasteiger partial charge on any atom is -0.496 e. The van der Waals surface area contributed by atoms with Crippen LogP contribution in [-0.2, 0) is 20.9 Å². The number of carbonyl (C=O) groups excluding carboxylic acids is 2. The highest BCUT2D eigenvalue weighted by atomic mass is 16.5. The number of aliphatic carboxylic acids is 1. The largest absolute Gasteiger partial charge is 0.496 e. The maximum absolute atomic E-state index is 12.6. The highest BCUT2D eigenvalue weighted by molar-refractivity contribution is 5.87. The number of carboxylic acid groups (broad SMARTS) is 1. The fourth-order valence-corrected chi connectivity index (χ4v) is 4.68. The van der Waals surface area contributed by atoms with E-state index in [0.717, 1.165) is 22.3 Å². The molecular weight excluding hydrogens is 504 g/mol. The SMILES string of the molecule is COc1cc(OC)c(CNC(=O)CC(NC(=O)OCC2c3ccccc3-c3ccccc32)C(=O)O)c(OC)c1. The molecule has 1 aliphatic rings. The second-order valence-corrected chi connectivity index (χ2v) is 8.85. The van der Waals surface area contributed by atoms with Gasteiger partial charge in [0.25, 0.3) is 0 Å². The third kappa shape index (κ3) is 6.06. The Balaban J connectivity index is 1.35. The summed E-state index contributed by atoms with van der Waals surface area (Å²) in [5.41, 5.74) is 4.76. The molecule has 0 bridgehead atoms. The van der Waals surface area contributed by atoms with Crippen LogP contribution in [0.5, 0.6) is 17.2 Å². The Hall–Kier alpha value is -4.73. The quantitative estimate of drug-likeness (QED) is 0.339. The number of ether oxygens (including phenoxy) is 4. The lowest BCUT2D eigenvalue weighted by atomic mass is 9.98. The first-order chi connectivity index (χ1) is 18.9. The predicted octanol–water partition coefficient (Wildman–Crippen LogP) is 3.71. The van der Waals surface area contributed by atoms with Crippen molar-refractivity contribution in [3.8, 4) is 28.4 Å². The second kappa shape index (κ2) is 12.2. The number of hydrogen-bond donors (Lipinski definition) is 3. The van der Waals surface area contributed by atoms with Crippen LogP contribution in [0.3, 0.4) is 0 Å². The van der Waals surface area contributed by atoms with Gasteiger partial charge in [-0.25, -0.2) is 9.59 Å². The second-order valence-electron chi connectivity index (χ2n) is 8.85. The average molecular weight is 535 g/mol. The number of carboxylic acids is 1. The van der Waals surface area contributed by atoms with Gasteiger partial charge in [-0.1, -0.05) is 48.5 Å². The van der Waals surface area contributed by atoms with Crippen LogP contribution in [0.2, 0.25) is 0 Å². The molecule has 0 aliphatic heterocycles. The van der Waals surface area contributed by atoms with E-state index in [1.165, 1.54) is 21.3 Å². The Labute approximate surface area is 225 Å². The van der Waals surface area contributed by atoms with E-state index in [0.29, 0.717) is 22.8 Å². The van der Waals surface area contributed by atoms with Crippen LogP contribution >= 0.6 is 0 Å². The molecule has 0 radical (unpaired) electrons. The maximum atomic E-state index is 12.6. The molecule has 3 aromatic rings. The molecule has 4 rings (SSSR count). The molecule has 2 amide bonds. The van der Waals surface area contributed by atoms with Gasteiger partial charge in [0.1, 0.15) is 29.9 Å². The number of rotatable bonds is 11. The summed E-state index contributed by atoms with van der Waals surface area (Å²) in [6.07, 6.45) is -1.42. The standard InChI is InChI=1S/C29H30N2O8/c1-36-17-12-25(37-2)22(26(13-17)38-3)15-30-27(32)14-24(28(33)34)31-29(35)39-16-23-20-10-6-4-8-18(20)19-9-5-7-11-21(19)23/h4-13,23-24H,14-16H2,1-3H3,(H,30,32)(H,31,35)(H,33,34). The van der Waals surface area contributed by atoms with Crippen molar-refractivity contribution in [1.29, 1.82) is 0 Å². The molecule has 1 unspecified atom stereocenters. The molecule has 0 saturated heterocycles. The monoisotopic (exact) mass is 534 g/mol. The Morgan fingerprint density at radius 1 is 0.872 bits per heavy atom. The summed E-state index contributed by atoms with van der Waals surface area (Å²) >= 11 is 0. The zero-order valence-corrected chi connectivity index (χ0v) is 21.9. The van der Waals surface area contributed by atoms with Gasteiger partial charge in [-0.05, 0) is 22.3 Å². The topological polar surface area (TPSA) is 132 Å². The van der Waals surface area contributed by atoms with Crippen molar-refractivity contribution in [2.24, 2.45) is 0 Å². The number of carbonyl (C=O) groups is 3. The van der Waals surface area contributed by atoms with Crippen LogP contribution in [0.15, 0.2) is 60.7 Å². The first kappa shape index (κ1) is 27.3.